The van der Waals surface area contributed by atoms with Crippen LogP contribution >= 0.6 is 0 Å². The molecule has 8 nitrogen and oxygen atoms in total. The monoisotopic (exact) mass is 350 g/mol. The van der Waals surface area contributed by atoms with Crippen molar-refractivity contribution in [2.45, 2.75) is 38.5 Å². The Balaban J connectivity index is 1.99. The van der Waals surface area contributed by atoms with E-state index in [1.54, 1.807) is 31.4 Å². The molecule has 136 valence electrons. The Bertz CT molecular complexity index is 643. The molecule has 1 aromatic rings. The Hall–Kier alpha value is -2.61. The van der Waals surface area contributed by atoms with Crippen molar-refractivity contribution < 1.29 is 29.0 Å². The lowest BCUT2D eigenvalue weighted by atomic mass is 10.0. The smallest absolute Gasteiger partial charge is 0.336 e. The Morgan fingerprint density at radius 3 is 2.32 bits per heavy atom. The fourth-order valence-electron chi connectivity index (χ4n) is 2.36. The standard InChI is InChI=1S/C17H22N2O6/c1-9(2)8-12(19-16(21)13-14(25-13)17(22)23)15(20)18-10-4-6-11(24-3)7-5-10/h4-7,9,12-14H,8H2,1-3H3,(H,18,20)(H,19,21)(H,22,23)/t12-,13+,14+/m0/s1. The van der Waals surface area contributed by atoms with Crippen LogP contribution in [0.15, 0.2) is 24.3 Å². The normalized spacial score (nSPS) is 19.8. The van der Waals surface area contributed by atoms with Gasteiger partial charge in [-0.3, -0.25) is 9.59 Å². The molecule has 1 fully saturated rings. The number of anilines is 1. The van der Waals surface area contributed by atoms with E-state index < -0.39 is 30.1 Å². The van der Waals surface area contributed by atoms with Crippen molar-refractivity contribution in [1.82, 2.24) is 5.32 Å². The number of hydrogen-bond acceptors (Lipinski definition) is 5. The Labute approximate surface area is 145 Å². The third-order valence-corrected chi connectivity index (χ3v) is 3.69. The first-order valence-corrected chi connectivity index (χ1v) is 7.95. The minimum absolute atomic E-state index is 0.155. The van der Waals surface area contributed by atoms with Crippen molar-refractivity contribution in [3.05, 3.63) is 24.3 Å². The summed E-state index contributed by atoms with van der Waals surface area (Å²) in [6.45, 7) is 3.85. The third-order valence-electron chi connectivity index (χ3n) is 3.69. The fraction of sp³-hybridized carbons (Fsp3) is 0.471. The van der Waals surface area contributed by atoms with E-state index in [1.807, 2.05) is 13.8 Å². The summed E-state index contributed by atoms with van der Waals surface area (Å²) in [6, 6.07) is 6.01. The van der Waals surface area contributed by atoms with E-state index in [2.05, 4.69) is 10.6 Å². The number of epoxide rings is 1. The molecule has 1 saturated heterocycles. The van der Waals surface area contributed by atoms with Crippen LogP contribution in [0.1, 0.15) is 20.3 Å². The molecule has 0 bridgehead atoms. The average Bonchev–Trinajstić information content (AvgIpc) is 3.35. The molecule has 2 rings (SSSR count). The van der Waals surface area contributed by atoms with Crippen LogP contribution in [0.25, 0.3) is 0 Å². The van der Waals surface area contributed by atoms with E-state index in [0.717, 1.165) is 0 Å². The number of methoxy groups -OCH3 is 1. The largest absolute Gasteiger partial charge is 0.497 e. The molecule has 0 unspecified atom stereocenters. The summed E-state index contributed by atoms with van der Waals surface area (Å²) in [4.78, 5) is 35.3. The van der Waals surface area contributed by atoms with Gasteiger partial charge in [-0.1, -0.05) is 13.8 Å². The Morgan fingerprint density at radius 1 is 1.20 bits per heavy atom. The fourth-order valence-corrected chi connectivity index (χ4v) is 2.36. The molecule has 2 amide bonds. The van der Waals surface area contributed by atoms with Crippen molar-refractivity contribution >= 4 is 23.5 Å². The summed E-state index contributed by atoms with van der Waals surface area (Å²) in [6.07, 6.45) is -1.76. The van der Waals surface area contributed by atoms with Crippen molar-refractivity contribution in [2.24, 2.45) is 5.92 Å². The Kier molecular flexibility index (Phi) is 5.97. The molecule has 3 N–H and O–H groups in total. The van der Waals surface area contributed by atoms with Crippen LogP contribution in [0.2, 0.25) is 0 Å². The van der Waals surface area contributed by atoms with E-state index in [1.165, 1.54) is 0 Å². The van der Waals surface area contributed by atoms with Crippen LogP contribution in [0, 0.1) is 5.92 Å². The van der Waals surface area contributed by atoms with Gasteiger partial charge in [0.15, 0.2) is 12.2 Å². The summed E-state index contributed by atoms with van der Waals surface area (Å²) < 4.78 is 9.87. The quantitative estimate of drug-likeness (QED) is 0.603. The summed E-state index contributed by atoms with van der Waals surface area (Å²) in [5, 5.41) is 14.1. The van der Waals surface area contributed by atoms with Crippen molar-refractivity contribution in [3.63, 3.8) is 0 Å². The lowest BCUT2D eigenvalue weighted by molar-refractivity contribution is -0.138. The van der Waals surface area contributed by atoms with Gasteiger partial charge in [0.1, 0.15) is 11.8 Å². The summed E-state index contributed by atoms with van der Waals surface area (Å²) >= 11 is 0. The van der Waals surface area contributed by atoms with Crippen LogP contribution in [-0.4, -0.2) is 48.2 Å². The third kappa shape index (κ3) is 5.18. The number of nitrogens with one attached hydrogen (secondary N) is 2. The van der Waals surface area contributed by atoms with Gasteiger partial charge in [-0.15, -0.1) is 0 Å². The lowest BCUT2D eigenvalue weighted by Crippen LogP contribution is -2.46. The van der Waals surface area contributed by atoms with Gasteiger partial charge in [-0.25, -0.2) is 4.79 Å². The van der Waals surface area contributed by atoms with Gasteiger partial charge in [-0.2, -0.15) is 0 Å². The van der Waals surface area contributed by atoms with E-state index >= 15 is 0 Å². The van der Waals surface area contributed by atoms with Gasteiger partial charge in [0.25, 0.3) is 5.91 Å². The van der Waals surface area contributed by atoms with Crippen molar-refractivity contribution in [1.29, 1.82) is 0 Å². The van der Waals surface area contributed by atoms with Crippen LogP contribution < -0.4 is 15.4 Å². The average molecular weight is 350 g/mol. The maximum Gasteiger partial charge on any atom is 0.336 e. The zero-order chi connectivity index (χ0) is 18.6. The number of benzene rings is 1. The predicted octanol–water partition coefficient (Wildman–Crippen LogP) is 1.02. The summed E-state index contributed by atoms with van der Waals surface area (Å²) in [5.41, 5.74) is 0.569. The highest BCUT2D eigenvalue weighted by Crippen LogP contribution is 2.23. The lowest BCUT2D eigenvalue weighted by Gasteiger charge is -2.20. The first-order valence-electron chi connectivity index (χ1n) is 7.95. The number of rotatable bonds is 8. The molecule has 0 radical (unpaired) electrons. The topological polar surface area (TPSA) is 117 Å². The second-order valence-corrected chi connectivity index (χ2v) is 6.22. The maximum atomic E-state index is 12.5. The second-order valence-electron chi connectivity index (χ2n) is 6.22. The van der Waals surface area contributed by atoms with Crippen LogP contribution in [-0.2, 0) is 19.1 Å². The number of carbonyl (C=O) groups is 3. The van der Waals surface area contributed by atoms with Crippen LogP contribution in [0.5, 0.6) is 5.75 Å². The zero-order valence-electron chi connectivity index (χ0n) is 14.3. The highest BCUT2D eigenvalue weighted by atomic mass is 16.6. The van der Waals surface area contributed by atoms with Crippen LogP contribution in [0.4, 0.5) is 5.69 Å². The molecule has 1 aliphatic heterocycles. The SMILES string of the molecule is COc1ccc(NC(=O)[C@H](CC(C)C)NC(=O)[C@@H]2O[C@H]2C(=O)O)cc1. The number of carboxylic acid groups (broad SMARTS) is 1. The van der Waals surface area contributed by atoms with Gasteiger partial charge >= 0.3 is 5.97 Å². The first-order chi connectivity index (χ1) is 11.8. The molecule has 8 heteroatoms. The van der Waals surface area contributed by atoms with Crippen LogP contribution in [0.3, 0.4) is 0 Å². The minimum Gasteiger partial charge on any atom is -0.497 e. The van der Waals surface area contributed by atoms with Gasteiger partial charge in [0, 0.05) is 5.69 Å². The number of amides is 2. The molecule has 25 heavy (non-hydrogen) atoms. The minimum atomic E-state index is -1.19. The molecule has 1 aliphatic rings. The highest BCUT2D eigenvalue weighted by Gasteiger charge is 2.51. The molecule has 0 spiro atoms. The van der Waals surface area contributed by atoms with Gasteiger partial charge < -0.3 is 25.2 Å². The second kappa shape index (κ2) is 7.98. The number of carbonyl (C=O) groups excluding carboxylic acids is 2. The Morgan fingerprint density at radius 2 is 1.84 bits per heavy atom. The molecule has 1 heterocycles. The molecule has 0 aliphatic carbocycles. The van der Waals surface area contributed by atoms with Gasteiger partial charge in [0.05, 0.1) is 7.11 Å². The highest BCUT2D eigenvalue weighted by molar-refractivity contribution is 5.99. The number of ether oxygens (including phenoxy) is 2. The number of hydrogen-bond donors (Lipinski definition) is 3. The zero-order valence-corrected chi connectivity index (χ0v) is 14.3. The first kappa shape index (κ1) is 18.7. The summed E-state index contributed by atoms with van der Waals surface area (Å²) in [7, 11) is 1.55. The van der Waals surface area contributed by atoms with E-state index in [9.17, 15) is 14.4 Å². The molecular weight excluding hydrogens is 328 g/mol. The summed E-state index contributed by atoms with van der Waals surface area (Å²) in [5.74, 6) is -1.34. The maximum absolute atomic E-state index is 12.5. The van der Waals surface area contributed by atoms with E-state index in [0.29, 0.717) is 17.9 Å². The van der Waals surface area contributed by atoms with Crippen molar-refractivity contribution in [3.8, 4) is 5.75 Å². The van der Waals surface area contributed by atoms with Gasteiger partial charge in [0.2, 0.25) is 5.91 Å². The van der Waals surface area contributed by atoms with E-state index in [-0.39, 0.29) is 11.8 Å². The van der Waals surface area contributed by atoms with Crippen molar-refractivity contribution in [2.75, 3.05) is 12.4 Å². The molecule has 3 atom stereocenters. The van der Waals surface area contributed by atoms with Gasteiger partial charge in [-0.05, 0) is 36.6 Å². The molecule has 0 aromatic heterocycles. The number of carboxylic acids is 1. The number of aliphatic carboxylic acids is 1. The van der Waals surface area contributed by atoms with E-state index in [4.69, 9.17) is 14.6 Å². The molecule has 1 aromatic carbocycles. The molecule has 0 saturated carbocycles. The predicted molar refractivity (Wildman–Crippen MR) is 89.3 cm³/mol. The molecular formula is C17H22N2O6.